The number of aromatic nitrogens is 3. The highest BCUT2D eigenvalue weighted by Crippen LogP contribution is 2.27. The van der Waals surface area contributed by atoms with Gasteiger partial charge in [0.15, 0.2) is 0 Å². The van der Waals surface area contributed by atoms with Gasteiger partial charge < -0.3 is 9.88 Å². The van der Waals surface area contributed by atoms with Crippen molar-refractivity contribution in [3.8, 4) is 15.6 Å². The Morgan fingerprint density at radius 2 is 2.08 bits per heavy atom. The van der Waals surface area contributed by atoms with Crippen LogP contribution in [0.1, 0.15) is 16.1 Å². The number of rotatable bonds is 5. The standard InChI is InChI=1S/C18H14N4OS2/c23-17(14-11-25-18(21-14)16-6-3-9-24-16)20-10-13-4-1-2-5-15(13)22-8-7-19-12-22/h1-9,11-12H,10H2,(H,20,23). The Balaban J connectivity index is 1.48. The second-order valence-corrected chi connectivity index (χ2v) is 7.10. The van der Waals surface area contributed by atoms with Crippen molar-refractivity contribution in [3.05, 3.63) is 77.1 Å². The number of hydrogen-bond acceptors (Lipinski definition) is 5. The van der Waals surface area contributed by atoms with Crippen LogP contribution in [-0.4, -0.2) is 20.4 Å². The summed E-state index contributed by atoms with van der Waals surface area (Å²) < 4.78 is 1.93. The third-order valence-corrected chi connectivity index (χ3v) is 5.56. The molecule has 0 atom stereocenters. The molecular formula is C18H14N4OS2. The van der Waals surface area contributed by atoms with Crippen LogP contribution in [0.4, 0.5) is 0 Å². The summed E-state index contributed by atoms with van der Waals surface area (Å²) >= 11 is 3.10. The minimum absolute atomic E-state index is 0.167. The predicted molar refractivity (Wildman–Crippen MR) is 100 cm³/mol. The van der Waals surface area contributed by atoms with E-state index in [4.69, 9.17) is 0 Å². The number of amides is 1. The molecule has 124 valence electrons. The van der Waals surface area contributed by atoms with Crippen LogP contribution in [0.15, 0.2) is 65.9 Å². The molecule has 5 nitrogen and oxygen atoms in total. The molecule has 0 saturated heterocycles. The first-order valence-electron chi connectivity index (χ1n) is 7.65. The molecule has 3 aromatic heterocycles. The van der Waals surface area contributed by atoms with E-state index in [1.165, 1.54) is 11.3 Å². The Morgan fingerprint density at radius 3 is 2.88 bits per heavy atom. The lowest BCUT2D eigenvalue weighted by Crippen LogP contribution is -2.23. The third kappa shape index (κ3) is 3.38. The van der Waals surface area contributed by atoms with E-state index in [0.717, 1.165) is 21.1 Å². The van der Waals surface area contributed by atoms with Gasteiger partial charge in [0.05, 0.1) is 16.9 Å². The summed E-state index contributed by atoms with van der Waals surface area (Å²) in [4.78, 5) is 22.0. The molecule has 0 spiro atoms. The SMILES string of the molecule is O=C(NCc1ccccc1-n1ccnc1)c1csc(-c2cccs2)n1. The van der Waals surface area contributed by atoms with Gasteiger partial charge in [-0.05, 0) is 23.1 Å². The average Bonchev–Trinajstić information content (AvgIpc) is 3.41. The van der Waals surface area contributed by atoms with Gasteiger partial charge in [-0.25, -0.2) is 9.97 Å². The zero-order chi connectivity index (χ0) is 17.1. The molecule has 25 heavy (non-hydrogen) atoms. The van der Waals surface area contributed by atoms with Crippen molar-refractivity contribution in [1.82, 2.24) is 19.9 Å². The number of carbonyl (C=O) groups is 1. The molecule has 4 aromatic rings. The zero-order valence-corrected chi connectivity index (χ0v) is 14.8. The van der Waals surface area contributed by atoms with Crippen molar-refractivity contribution in [2.75, 3.05) is 0 Å². The number of thiazole rings is 1. The highest BCUT2D eigenvalue weighted by atomic mass is 32.1. The van der Waals surface area contributed by atoms with Gasteiger partial charge in [-0.2, -0.15) is 0 Å². The molecule has 0 aliphatic rings. The summed E-state index contributed by atoms with van der Waals surface area (Å²) in [6.07, 6.45) is 5.36. The van der Waals surface area contributed by atoms with Crippen LogP contribution in [0.5, 0.6) is 0 Å². The number of benzene rings is 1. The Labute approximate surface area is 152 Å². The number of imidazole rings is 1. The van der Waals surface area contributed by atoms with Crippen LogP contribution in [0.3, 0.4) is 0 Å². The Morgan fingerprint density at radius 1 is 1.16 bits per heavy atom. The van der Waals surface area contributed by atoms with E-state index in [2.05, 4.69) is 15.3 Å². The van der Waals surface area contributed by atoms with E-state index in [0.29, 0.717) is 12.2 Å². The molecule has 0 aliphatic carbocycles. The molecule has 0 radical (unpaired) electrons. The van der Waals surface area contributed by atoms with Gasteiger partial charge in [-0.1, -0.05) is 24.3 Å². The van der Waals surface area contributed by atoms with Crippen LogP contribution in [0, 0.1) is 0 Å². The number of para-hydroxylation sites is 1. The lowest BCUT2D eigenvalue weighted by atomic mass is 10.1. The Kier molecular flexibility index (Phi) is 4.41. The molecule has 1 amide bonds. The lowest BCUT2D eigenvalue weighted by molar-refractivity contribution is 0.0946. The maximum atomic E-state index is 12.4. The van der Waals surface area contributed by atoms with Crippen molar-refractivity contribution < 1.29 is 4.79 Å². The monoisotopic (exact) mass is 366 g/mol. The molecule has 3 heterocycles. The minimum atomic E-state index is -0.167. The predicted octanol–water partition coefficient (Wildman–Crippen LogP) is 3.99. The first-order valence-corrected chi connectivity index (χ1v) is 9.41. The lowest BCUT2D eigenvalue weighted by Gasteiger charge is -2.10. The average molecular weight is 366 g/mol. The van der Waals surface area contributed by atoms with Gasteiger partial charge >= 0.3 is 0 Å². The quantitative estimate of drug-likeness (QED) is 0.581. The van der Waals surface area contributed by atoms with Gasteiger partial charge in [-0.3, -0.25) is 4.79 Å². The van der Waals surface area contributed by atoms with E-state index in [9.17, 15) is 4.79 Å². The smallest absolute Gasteiger partial charge is 0.271 e. The molecule has 0 saturated carbocycles. The van der Waals surface area contributed by atoms with Gasteiger partial charge in [-0.15, -0.1) is 22.7 Å². The maximum absolute atomic E-state index is 12.4. The molecule has 1 N–H and O–H groups in total. The fraction of sp³-hybridized carbons (Fsp3) is 0.0556. The highest BCUT2D eigenvalue weighted by molar-refractivity contribution is 7.20. The summed E-state index contributed by atoms with van der Waals surface area (Å²) in [5, 5.41) is 7.63. The summed E-state index contributed by atoms with van der Waals surface area (Å²) in [6, 6.07) is 11.9. The number of nitrogens with one attached hydrogen (secondary N) is 1. The van der Waals surface area contributed by atoms with Crippen LogP contribution >= 0.6 is 22.7 Å². The van der Waals surface area contributed by atoms with Gasteiger partial charge in [0, 0.05) is 24.3 Å². The van der Waals surface area contributed by atoms with Crippen molar-refractivity contribution in [1.29, 1.82) is 0 Å². The van der Waals surface area contributed by atoms with E-state index in [1.54, 1.807) is 29.2 Å². The fourth-order valence-corrected chi connectivity index (χ4v) is 4.09. The Bertz CT molecular complexity index is 974. The largest absolute Gasteiger partial charge is 0.347 e. The summed E-state index contributed by atoms with van der Waals surface area (Å²) in [6.45, 7) is 0.430. The van der Waals surface area contributed by atoms with Crippen molar-refractivity contribution in [2.45, 2.75) is 6.54 Å². The summed E-state index contributed by atoms with van der Waals surface area (Å²) in [5.74, 6) is -0.167. The molecule has 0 bridgehead atoms. The molecule has 0 unspecified atom stereocenters. The second-order valence-electron chi connectivity index (χ2n) is 5.30. The first kappa shape index (κ1) is 15.7. The Hall–Kier alpha value is -2.77. The van der Waals surface area contributed by atoms with E-state index >= 15 is 0 Å². The molecular weight excluding hydrogens is 352 g/mol. The van der Waals surface area contributed by atoms with Crippen molar-refractivity contribution in [2.24, 2.45) is 0 Å². The topological polar surface area (TPSA) is 59.8 Å². The van der Waals surface area contributed by atoms with Crippen LogP contribution in [0.25, 0.3) is 15.6 Å². The highest BCUT2D eigenvalue weighted by Gasteiger charge is 2.13. The minimum Gasteiger partial charge on any atom is -0.347 e. The number of carbonyl (C=O) groups excluding carboxylic acids is 1. The number of nitrogens with zero attached hydrogens (tertiary/aromatic N) is 3. The van der Waals surface area contributed by atoms with E-state index < -0.39 is 0 Å². The molecule has 7 heteroatoms. The third-order valence-electron chi connectivity index (χ3n) is 3.68. The summed E-state index contributed by atoms with van der Waals surface area (Å²) in [7, 11) is 0. The number of thiophene rings is 1. The van der Waals surface area contributed by atoms with Gasteiger partial charge in [0.25, 0.3) is 5.91 Å². The molecule has 0 fully saturated rings. The summed E-state index contributed by atoms with van der Waals surface area (Å²) in [5.41, 5.74) is 2.47. The van der Waals surface area contributed by atoms with Crippen LogP contribution < -0.4 is 5.32 Å². The maximum Gasteiger partial charge on any atom is 0.271 e. The van der Waals surface area contributed by atoms with E-state index in [-0.39, 0.29) is 5.91 Å². The van der Waals surface area contributed by atoms with Crippen molar-refractivity contribution >= 4 is 28.6 Å². The van der Waals surface area contributed by atoms with Crippen molar-refractivity contribution in [3.63, 3.8) is 0 Å². The fourth-order valence-electron chi connectivity index (χ4n) is 2.47. The van der Waals surface area contributed by atoms with Gasteiger partial charge in [0.2, 0.25) is 0 Å². The normalized spacial score (nSPS) is 10.7. The van der Waals surface area contributed by atoms with Gasteiger partial charge in [0.1, 0.15) is 10.7 Å². The molecule has 0 aliphatic heterocycles. The van der Waals surface area contributed by atoms with Crippen LogP contribution in [0.2, 0.25) is 0 Å². The second kappa shape index (κ2) is 7.00. The first-order chi connectivity index (χ1) is 12.3. The van der Waals surface area contributed by atoms with E-state index in [1.807, 2.05) is 52.5 Å². The zero-order valence-electron chi connectivity index (χ0n) is 13.1. The molecule has 4 rings (SSSR count). The van der Waals surface area contributed by atoms with Crippen LogP contribution in [-0.2, 0) is 6.54 Å². The molecule has 1 aromatic carbocycles. The number of hydrogen-bond donors (Lipinski definition) is 1.